The maximum Gasteiger partial charge on any atom is 0.404 e. The normalized spacial score (nSPS) is 27.9. The Kier molecular flexibility index (Phi) is 17.7. The van der Waals surface area contributed by atoms with Crippen molar-refractivity contribution in [3.8, 4) is 0 Å². The highest BCUT2D eigenvalue weighted by molar-refractivity contribution is 5.91. The van der Waals surface area contributed by atoms with Crippen molar-refractivity contribution >= 4 is 17.8 Å². The molecular formula is C34H49NO7. The van der Waals surface area contributed by atoms with Crippen LogP contribution in [0.15, 0.2) is 83.6 Å². The number of amides is 1. The SMILES string of the molecule is CC(C)=CC(=O)C/C=C/C(C)=C/[C@@H](C)[C@H]1C/C(C)=C/C=C/CC[C@@H](OC(N)=O)[C@H](O)/C=C/[C@H](O)CCC/C=C/C(=O)O1. The summed E-state index contributed by atoms with van der Waals surface area (Å²) >= 11 is 0. The Labute approximate surface area is 251 Å². The molecule has 42 heavy (non-hydrogen) atoms. The van der Waals surface area contributed by atoms with Crippen LogP contribution in [0.3, 0.4) is 0 Å². The maximum absolute atomic E-state index is 12.7. The lowest BCUT2D eigenvalue weighted by Crippen LogP contribution is -2.32. The number of ketones is 1. The second-order valence-electron chi connectivity index (χ2n) is 11.0. The topological polar surface area (TPSA) is 136 Å². The first-order valence-electron chi connectivity index (χ1n) is 14.6. The van der Waals surface area contributed by atoms with E-state index in [2.05, 4.69) is 0 Å². The molecule has 1 amide bonds. The fourth-order valence-corrected chi connectivity index (χ4v) is 4.35. The van der Waals surface area contributed by atoms with Gasteiger partial charge >= 0.3 is 12.1 Å². The first-order chi connectivity index (χ1) is 19.9. The molecule has 0 radical (unpaired) electrons. The lowest BCUT2D eigenvalue weighted by molar-refractivity contribution is -0.144. The van der Waals surface area contributed by atoms with E-state index in [4.69, 9.17) is 15.2 Å². The Bertz CT molecular complexity index is 1090. The fourth-order valence-electron chi connectivity index (χ4n) is 4.35. The second kappa shape index (κ2) is 20.4. The van der Waals surface area contributed by atoms with Gasteiger partial charge < -0.3 is 25.4 Å². The fraction of sp³-hybridized carbons (Fsp3) is 0.500. The van der Waals surface area contributed by atoms with Gasteiger partial charge in [-0.2, -0.15) is 0 Å². The number of aliphatic hydroxyl groups is 2. The van der Waals surface area contributed by atoms with Crippen molar-refractivity contribution < 1.29 is 34.1 Å². The van der Waals surface area contributed by atoms with E-state index < -0.39 is 36.5 Å². The van der Waals surface area contributed by atoms with Crippen molar-refractivity contribution in [2.24, 2.45) is 11.7 Å². The highest BCUT2D eigenvalue weighted by Crippen LogP contribution is 2.21. The summed E-state index contributed by atoms with van der Waals surface area (Å²) in [4.78, 5) is 35.9. The zero-order chi connectivity index (χ0) is 31.5. The van der Waals surface area contributed by atoms with Crippen molar-refractivity contribution in [2.45, 2.75) is 104 Å². The number of nitrogens with two attached hydrogens (primary N) is 1. The van der Waals surface area contributed by atoms with E-state index in [1.165, 1.54) is 18.2 Å². The number of ether oxygens (including phenoxy) is 2. The Morgan fingerprint density at radius 1 is 1.14 bits per heavy atom. The monoisotopic (exact) mass is 583 g/mol. The van der Waals surface area contributed by atoms with Gasteiger partial charge in [0.15, 0.2) is 5.78 Å². The average Bonchev–Trinajstić information content (AvgIpc) is 2.89. The number of esters is 1. The molecule has 0 fully saturated rings. The standard InChI is InChI=1S/C34H49NO7/c1-24(2)21-29(37)16-12-14-25(3)22-27(5)32-23-26(4)13-8-6-10-17-31(42-34(35)40)30(38)20-19-28(36)15-9-7-11-18-33(39)41-32/h6,8,11-14,18-22,27-28,30-32,36,38H,7,9-10,15-17,23H2,1-5H3,(H2,35,40)/b8-6+,14-12+,18-11+,20-19+,25-22+,26-13+/t27-,28-,30-,31-,32-/m1/s1. The third-order valence-corrected chi connectivity index (χ3v) is 6.49. The zero-order valence-electron chi connectivity index (χ0n) is 25.7. The lowest BCUT2D eigenvalue weighted by atomic mass is 9.95. The molecule has 0 spiro atoms. The van der Waals surface area contributed by atoms with Gasteiger partial charge in [-0.15, -0.1) is 0 Å². The number of hydrogen-bond acceptors (Lipinski definition) is 7. The van der Waals surface area contributed by atoms with Gasteiger partial charge in [-0.05, 0) is 65.9 Å². The van der Waals surface area contributed by atoms with Crippen LogP contribution < -0.4 is 5.73 Å². The predicted octanol–water partition coefficient (Wildman–Crippen LogP) is 6.12. The molecule has 0 aromatic heterocycles. The molecule has 0 saturated carbocycles. The summed E-state index contributed by atoms with van der Waals surface area (Å²) in [6.45, 7) is 9.69. The van der Waals surface area contributed by atoms with Crippen LogP contribution in [0.4, 0.5) is 4.79 Å². The number of hydrogen-bond donors (Lipinski definition) is 3. The molecule has 0 unspecified atom stereocenters. The van der Waals surface area contributed by atoms with E-state index in [1.54, 1.807) is 12.2 Å². The number of cyclic esters (lactones) is 1. The van der Waals surface area contributed by atoms with E-state index in [0.717, 1.165) is 16.7 Å². The molecule has 1 heterocycles. The lowest BCUT2D eigenvalue weighted by Gasteiger charge is -2.22. The van der Waals surface area contributed by atoms with Crippen LogP contribution in [-0.2, 0) is 19.1 Å². The van der Waals surface area contributed by atoms with E-state index >= 15 is 0 Å². The van der Waals surface area contributed by atoms with Crippen molar-refractivity contribution in [2.75, 3.05) is 0 Å². The Morgan fingerprint density at radius 2 is 1.88 bits per heavy atom. The molecule has 5 atom stereocenters. The van der Waals surface area contributed by atoms with Crippen LogP contribution in [0.1, 0.15) is 79.6 Å². The third-order valence-electron chi connectivity index (χ3n) is 6.49. The Hall–Kier alpha value is -3.49. The predicted molar refractivity (Wildman–Crippen MR) is 166 cm³/mol. The minimum Gasteiger partial charge on any atom is -0.458 e. The smallest absolute Gasteiger partial charge is 0.404 e. The van der Waals surface area contributed by atoms with E-state index in [9.17, 15) is 24.6 Å². The van der Waals surface area contributed by atoms with Gasteiger partial charge in [-0.1, -0.05) is 78.3 Å². The summed E-state index contributed by atoms with van der Waals surface area (Å²) in [5, 5.41) is 20.7. The molecule has 0 saturated heterocycles. The van der Waals surface area contributed by atoms with E-state index in [1.807, 2.05) is 71.1 Å². The van der Waals surface area contributed by atoms with Gasteiger partial charge in [0, 0.05) is 24.8 Å². The second-order valence-corrected chi connectivity index (χ2v) is 11.0. The summed E-state index contributed by atoms with van der Waals surface area (Å²) < 4.78 is 11.0. The number of primary amides is 1. The summed E-state index contributed by atoms with van der Waals surface area (Å²) in [6, 6.07) is 0. The molecule has 1 rings (SSSR count). The van der Waals surface area contributed by atoms with Gasteiger partial charge in [-0.25, -0.2) is 9.59 Å². The molecule has 0 aliphatic carbocycles. The Balaban J connectivity index is 3.09. The Morgan fingerprint density at radius 3 is 2.57 bits per heavy atom. The minimum atomic E-state index is -1.11. The van der Waals surface area contributed by atoms with Crippen LogP contribution in [0.5, 0.6) is 0 Å². The molecule has 8 heteroatoms. The minimum absolute atomic E-state index is 0.0507. The van der Waals surface area contributed by atoms with Gasteiger partial charge in [0.1, 0.15) is 18.3 Å². The largest absolute Gasteiger partial charge is 0.458 e. The van der Waals surface area contributed by atoms with Gasteiger partial charge in [0.2, 0.25) is 0 Å². The molecule has 0 aromatic rings. The molecule has 8 nitrogen and oxygen atoms in total. The third kappa shape index (κ3) is 17.4. The number of carbonyl (C=O) groups excluding carboxylic acids is 3. The summed E-state index contributed by atoms with van der Waals surface area (Å²) in [5.41, 5.74) is 8.12. The molecule has 232 valence electrons. The van der Waals surface area contributed by atoms with Gasteiger partial charge in [-0.3, -0.25) is 4.79 Å². The maximum atomic E-state index is 12.7. The summed E-state index contributed by atoms with van der Waals surface area (Å²) in [6.07, 6.45) is 18.3. The first kappa shape index (κ1) is 36.5. The van der Waals surface area contributed by atoms with Crippen LogP contribution in [-0.4, -0.2) is 52.5 Å². The highest BCUT2D eigenvalue weighted by atomic mass is 16.6. The first-order valence-corrected chi connectivity index (χ1v) is 14.6. The summed E-state index contributed by atoms with van der Waals surface area (Å²) in [7, 11) is 0. The van der Waals surface area contributed by atoms with Crippen LogP contribution in [0.2, 0.25) is 0 Å². The molecule has 0 bridgehead atoms. The average molecular weight is 584 g/mol. The van der Waals surface area contributed by atoms with E-state index in [0.29, 0.717) is 44.9 Å². The van der Waals surface area contributed by atoms with Crippen LogP contribution in [0, 0.1) is 5.92 Å². The van der Waals surface area contributed by atoms with Crippen LogP contribution in [0.25, 0.3) is 0 Å². The van der Waals surface area contributed by atoms with Crippen molar-refractivity contribution in [1.82, 2.24) is 0 Å². The molecule has 1 aliphatic heterocycles. The molecule has 4 N–H and O–H groups in total. The number of aliphatic hydroxyl groups excluding tert-OH is 2. The number of carbonyl (C=O) groups is 3. The van der Waals surface area contributed by atoms with Crippen LogP contribution >= 0.6 is 0 Å². The zero-order valence-corrected chi connectivity index (χ0v) is 25.7. The molecule has 1 aliphatic rings. The number of allylic oxidation sites excluding steroid dienone is 9. The van der Waals surface area contributed by atoms with Crippen molar-refractivity contribution in [3.05, 3.63) is 83.6 Å². The van der Waals surface area contributed by atoms with Crippen molar-refractivity contribution in [1.29, 1.82) is 0 Å². The van der Waals surface area contributed by atoms with Crippen molar-refractivity contribution in [3.63, 3.8) is 0 Å². The highest BCUT2D eigenvalue weighted by Gasteiger charge is 2.21. The summed E-state index contributed by atoms with van der Waals surface area (Å²) in [5.74, 6) is -0.474. The quantitative estimate of drug-likeness (QED) is 0.142. The molecule has 0 aromatic carbocycles. The number of rotatable bonds is 7. The molecular weight excluding hydrogens is 534 g/mol. The van der Waals surface area contributed by atoms with Gasteiger partial charge in [0.05, 0.1) is 6.10 Å². The van der Waals surface area contributed by atoms with E-state index in [-0.39, 0.29) is 11.7 Å². The van der Waals surface area contributed by atoms with Gasteiger partial charge in [0.25, 0.3) is 0 Å².